The van der Waals surface area contributed by atoms with Gasteiger partial charge in [0.15, 0.2) is 5.75 Å². The van der Waals surface area contributed by atoms with Crippen LogP contribution in [0.4, 0.5) is 0 Å². The third kappa shape index (κ3) is 2.54. The summed E-state index contributed by atoms with van der Waals surface area (Å²) >= 11 is 0. The number of rotatable bonds is 6. The van der Waals surface area contributed by atoms with Crippen LogP contribution in [0.25, 0.3) is 0 Å². The number of nitrogens with one attached hydrogen (secondary N) is 1. The molecule has 0 saturated heterocycles. The van der Waals surface area contributed by atoms with Crippen LogP contribution in [0.3, 0.4) is 0 Å². The predicted molar refractivity (Wildman–Crippen MR) is 62.6 cm³/mol. The van der Waals surface area contributed by atoms with Crippen molar-refractivity contribution < 1.29 is 9.84 Å². The second kappa shape index (κ2) is 5.32. The van der Waals surface area contributed by atoms with Crippen LogP contribution in [0.1, 0.15) is 26.0 Å². The normalized spacial score (nSPS) is 14.8. The first-order valence-electron chi connectivity index (χ1n) is 5.54. The summed E-state index contributed by atoms with van der Waals surface area (Å²) in [5.74, 6) is 0.642. The number of hydrogen-bond acceptors (Lipinski definition) is 4. The van der Waals surface area contributed by atoms with Gasteiger partial charge in [-0.05, 0) is 33.9 Å². The number of aliphatic hydroxyl groups is 1. The van der Waals surface area contributed by atoms with E-state index in [0.29, 0.717) is 18.7 Å². The fraction of sp³-hybridized carbons (Fsp3) is 0.727. The fourth-order valence-corrected chi connectivity index (χ4v) is 1.79. The van der Waals surface area contributed by atoms with Crippen molar-refractivity contribution in [2.45, 2.75) is 32.4 Å². The van der Waals surface area contributed by atoms with Crippen molar-refractivity contribution in [1.82, 2.24) is 15.1 Å². The molecule has 5 heteroatoms. The van der Waals surface area contributed by atoms with Crippen LogP contribution < -0.4 is 10.1 Å². The highest BCUT2D eigenvalue weighted by molar-refractivity contribution is 5.30. The largest absolute Gasteiger partial charge is 0.493 e. The molecule has 16 heavy (non-hydrogen) atoms. The molecule has 0 amide bonds. The van der Waals surface area contributed by atoms with Crippen LogP contribution in [-0.4, -0.2) is 35.6 Å². The minimum Gasteiger partial charge on any atom is -0.493 e. The summed E-state index contributed by atoms with van der Waals surface area (Å²) in [6, 6.07) is 0. The van der Waals surface area contributed by atoms with Crippen LogP contribution in [0.15, 0.2) is 6.20 Å². The van der Waals surface area contributed by atoms with Gasteiger partial charge in [-0.1, -0.05) is 0 Å². The minimum atomic E-state index is -0.930. The molecule has 5 nitrogen and oxygen atoms in total. The number of ether oxygens (including phenoxy) is 1. The van der Waals surface area contributed by atoms with Crippen molar-refractivity contribution >= 4 is 0 Å². The van der Waals surface area contributed by atoms with Crippen LogP contribution >= 0.6 is 0 Å². The quantitative estimate of drug-likeness (QED) is 0.752. The molecule has 0 saturated carbocycles. The van der Waals surface area contributed by atoms with Crippen molar-refractivity contribution in [3.8, 4) is 5.75 Å². The molecule has 1 atom stereocenters. The smallest absolute Gasteiger partial charge is 0.162 e. The summed E-state index contributed by atoms with van der Waals surface area (Å²) in [7, 11) is 3.46. The Balaban J connectivity index is 3.03. The molecule has 0 radical (unpaired) electrons. The third-order valence-corrected chi connectivity index (χ3v) is 2.70. The second-order valence-electron chi connectivity index (χ2n) is 4.00. The highest BCUT2D eigenvalue weighted by Crippen LogP contribution is 2.31. The Morgan fingerprint density at radius 2 is 2.31 bits per heavy atom. The molecule has 0 spiro atoms. The van der Waals surface area contributed by atoms with Gasteiger partial charge in [0.2, 0.25) is 0 Å². The van der Waals surface area contributed by atoms with E-state index < -0.39 is 5.60 Å². The van der Waals surface area contributed by atoms with Gasteiger partial charge >= 0.3 is 0 Å². The lowest BCUT2D eigenvalue weighted by molar-refractivity contribution is 0.0367. The maximum absolute atomic E-state index is 10.4. The molecule has 1 rings (SSSR count). The topological polar surface area (TPSA) is 59.3 Å². The van der Waals surface area contributed by atoms with Gasteiger partial charge in [-0.2, -0.15) is 5.10 Å². The molecule has 0 aliphatic carbocycles. The number of aromatic nitrogens is 2. The predicted octanol–water partition coefficient (Wildman–Crippen LogP) is 0.729. The van der Waals surface area contributed by atoms with Crippen LogP contribution in [-0.2, 0) is 12.1 Å². The zero-order valence-corrected chi connectivity index (χ0v) is 10.4. The Bertz CT molecular complexity index is 312. The number of nitrogens with zero attached hydrogens (tertiary/aromatic N) is 2. The summed E-state index contributed by atoms with van der Waals surface area (Å²) in [4.78, 5) is 0. The molecule has 0 aliphatic rings. The average Bonchev–Trinajstić information content (AvgIpc) is 2.70. The van der Waals surface area contributed by atoms with Gasteiger partial charge in [0.05, 0.1) is 13.3 Å². The molecule has 1 unspecified atom stereocenters. The molecule has 2 N–H and O–H groups in total. The lowest BCUT2D eigenvalue weighted by atomic mass is 9.97. The molecule has 0 aliphatic heterocycles. The van der Waals surface area contributed by atoms with Crippen LogP contribution in [0.5, 0.6) is 5.75 Å². The Morgan fingerprint density at radius 1 is 1.62 bits per heavy atom. The molecule has 0 aromatic carbocycles. The first kappa shape index (κ1) is 13.0. The van der Waals surface area contributed by atoms with Gasteiger partial charge in [-0.15, -0.1) is 0 Å². The second-order valence-corrected chi connectivity index (χ2v) is 4.00. The lowest BCUT2D eigenvalue weighted by Gasteiger charge is -2.25. The molecular formula is C11H21N3O2. The van der Waals surface area contributed by atoms with E-state index in [0.717, 1.165) is 12.2 Å². The van der Waals surface area contributed by atoms with E-state index in [-0.39, 0.29) is 0 Å². The molecular weight excluding hydrogens is 206 g/mol. The molecule has 1 heterocycles. The Kier molecular flexibility index (Phi) is 4.32. The monoisotopic (exact) mass is 227 g/mol. The van der Waals surface area contributed by atoms with E-state index in [1.807, 2.05) is 14.0 Å². The maximum Gasteiger partial charge on any atom is 0.162 e. The third-order valence-electron chi connectivity index (χ3n) is 2.70. The van der Waals surface area contributed by atoms with Crippen LogP contribution in [0, 0.1) is 0 Å². The molecule has 92 valence electrons. The van der Waals surface area contributed by atoms with Gasteiger partial charge in [-0.3, -0.25) is 4.68 Å². The van der Waals surface area contributed by atoms with Crippen molar-refractivity contribution in [1.29, 1.82) is 0 Å². The van der Waals surface area contributed by atoms with Gasteiger partial charge in [-0.25, -0.2) is 0 Å². The van der Waals surface area contributed by atoms with E-state index in [2.05, 4.69) is 10.4 Å². The summed E-state index contributed by atoms with van der Waals surface area (Å²) in [6.45, 7) is 5.24. The first-order valence-corrected chi connectivity index (χ1v) is 5.54. The van der Waals surface area contributed by atoms with Gasteiger partial charge in [0.25, 0.3) is 0 Å². The molecule has 0 bridgehead atoms. The summed E-state index contributed by atoms with van der Waals surface area (Å²) < 4.78 is 7.00. The SMILES string of the molecule is CCn1ncc(OC)c1C(C)(O)CCNC. The Morgan fingerprint density at radius 3 is 2.81 bits per heavy atom. The summed E-state index contributed by atoms with van der Waals surface area (Å²) in [5, 5.41) is 17.7. The van der Waals surface area contributed by atoms with E-state index in [4.69, 9.17) is 4.74 Å². The van der Waals surface area contributed by atoms with E-state index in [1.54, 1.807) is 24.9 Å². The zero-order chi connectivity index (χ0) is 12.2. The van der Waals surface area contributed by atoms with E-state index in [9.17, 15) is 5.11 Å². The van der Waals surface area contributed by atoms with Gasteiger partial charge in [0.1, 0.15) is 11.3 Å². The number of aryl methyl sites for hydroxylation is 1. The Labute approximate surface area is 96.4 Å². The summed E-state index contributed by atoms with van der Waals surface area (Å²) in [5.41, 5.74) is -0.186. The van der Waals surface area contributed by atoms with Crippen LogP contribution in [0.2, 0.25) is 0 Å². The van der Waals surface area contributed by atoms with Crippen molar-refractivity contribution in [3.63, 3.8) is 0 Å². The Hall–Kier alpha value is -1.07. The average molecular weight is 227 g/mol. The fourth-order valence-electron chi connectivity index (χ4n) is 1.79. The molecule has 1 aromatic rings. The zero-order valence-electron chi connectivity index (χ0n) is 10.4. The van der Waals surface area contributed by atoms with Gasteiger partial charge in [0, 0.05) is 6.54 Å². The molecule has 0 fully saturated rings. The first-order chi connectivity index (χ1) is 7.56. The maximum atomic E-state index is 10.4. The van der Waals surface area contributed by atoms with Crippen molar-refractivity contribution in [3.05, 3.63) is 11.9 Å². The standard InChI is InChI=1S/C11H21N3O2/c1-5-14-10(9(16-4)8-13-14)11(2,15)6-7-12-3/h8,12,15H,5-7H2,1-4H3. The highest BCUT2D eigenvalue weighted by Gasteiger charge is 2.30. The summed E-state index contributed by atoms with van der Waals surface area (Å²) in [6.07, 6.45) is 2.26. The van der Waals surface area contributed by atoms with E-state index >= 15 is 0 Å². The molecule has 1 aromatic heterocycles. The van der Waals surface area contributed by atoms with Crippen molar-refractivity contribution in [2.75, 3.05) is 20.7 Å². The minimum absolute atomic E-state index is 0.617. The number of hydrogen-bond donors (Lipinski definition) is 2. The van der Waals surface area contributed by atoms with Gasteiger partial charge < -0.3 is 15.2 Å². The van der Waals surface area contributed by atoms with E-state index in [1.165, 1.54) is 0 Å². The highest BCUT2D eigenvalue weighted by atomic mass is 16.5. The lowest BCUT2D eigenvalue weighted by Crippen LogP contribution is -2.29. The van der Waals surface area contributed by atoms with Crippen molar-refractivity contribution in [2.24, 2.45) is 0 Å². The number of methoxy groups -OCH3 is 1.